The maximum absolute atomic E-state index is 13.3. The number of primary sulfonamides is 1. The number of hydrogen-bond donors (Lipinski definition) is 2. The van der Waals surface area contributed by atoms with Crippen molar-refractivity contribution in [2.45, 2.75) is 24.3 Å². The van der Waals surface area contributed by atoms with Gasteiger partial charge in [-0.1, -0.05) is 36.4 Å². The molecule has 1 atom stereocenters. The van der Waals surface area contributed by atoms with Gasteiger partial charge in [-0.15, -0.1) is 0 Å². The number of amides is 1. The van der Waals surface area contributed by atoms with Gasteiger partial charge in [-0.05, 0) is 30.2 Å². The van der Waals surface area contributed by atoms with E-state index >= 15 is 0 Å². The van der Waals surface area contributed by atoms with E-state index in [1.807, 2.05) is 30.3 Å². The second kappa shape index (κ2) is 6.88. The van der Waals surface area contributed by atoms with Gasteiger partial charge in [0, 0.05) is 18.0 Å². The monoisotopic (exact) mass is 396 g/mol. The van der Waals surface area contributed by atoms with Crippen LogP contribution < -0.4 is 5.14 Å². The molecule has 8 heteroatoms. The number of rotatable bonds is 3. The predicted octanol–water partition coefficient (Wildman–Crippen LogP) is 2.15. The Kier molecular flexibility index (Phi) is 4.52. The SMILES string of the molecule is Cc1ccc(S(N)(=O)=O)cc1C(=O)N1Cc2[nH]cnc2C(c2ccccc2)C1. The molecular weight excluding hydrogens is 376 g/mol. The van der Waals surface area contributed by atoms with Gasteiger partial charge < -0.3 is 9.88 Å². The Morgan fingerprint density at radius 1 is 1.21 bits per heavy atom. The molecule has 1 amide bonds. The molecule has 0 radical (unpaired) electrons. The first-order valence-electron chi connectivity index (χ1n) is 8.84. The van der Waals surface area contributed by atoms with Crippen molar-refractivity contribution in [1.29, 1.82) is 0 Å². The normalized spacial score (nSPS) is 16.6. The first kappa shape index (κ1) is 18.4. The zero-order valence-electron chi connectivity index (χ0n) is 15.3. The van der Waals surface area contributed by atoms with Gasteiger partial charge in [-0.2, -0.15) is 0 Å². The largest absolute Gasteiger partial charge is 0.347 e. The van der Waals surface area contributed by atoms with Crippen LogP contribution in [0.5, 0.6) is 0 Å². The summed E-state index contributed by atoms with van der Waals surface area (Å²) >= 11 is 0. The molecule has 0 fully saturated rings. The number of nitrogens with two attached hydrogens (primary N) is 1. The number of aromatic nitrogens is 2. The molecule has 1 unspecified atom stereocenters. The number of aromatic amines is 1. The molecule has 3 aromatic rings. The van der Waals surface area contributed by atoms with E-state index in [4.69, 9.17) is 5.14 Å². The molecule has 0 bridgehead atoms. The fourth-order valence-electron chi connectivity index (χ4n) is 3.60. The van der Waals surface area contributed by atoms with Crippen LogP contribution in [0.15, 0.2) is 59.8 Å². The molecular formula is C20H20N4O3S. The van der Waals surface area contributed by atoms with Gasteiger partial charge in [0.1, 0.15) is 0 Å². The van der Waals surface area contributed by atoms with E-state index in [2.05, 4.69) is 9.97 Å². The lowest BCUT2D eigenvalue weighted by Gasteiger charge is -2.32. The summed E-state index contributed by atoms with van der Waals surface area (Å²) in [6, 6.07) is 14.3. The number of hydrogen-bond acceptors (Lipinski definition) is 4. The fourth-order valence-corrected chi connectivity index (χ4v) is 4.14. The van der Waals surface area contributed by atoms with Crippen molar-refractivity contribution in [2.75, 3.05) is 6.54 Å². The van der Waals surface area contributed by atoms with Crippen molar-refractivity contribution in [3.05, 3.63) is 82.9 Å². The van der Waals surface area contributed by atoms with Gasteiger partial charge in [0.2, 0.25) is 10.0 Å². The first-order chi connectivity index (χ1) is 13.3. The summed E-state index contributed by atoms with van der Waals surface area (Å²) in [4.78, 5) is 22.5. The first-order valence-corrected chi connectivity index (χ1v) is 10.4. The van der Waals surface area contributed by atoms with E-state index < -0.39 is 10.0 Å². The van der Waals surface area contributed by atoms with Crippen LogP contribution in [0.4, 0.5) is 0 Å². The minimum atomic E-state index is -3.89. The molecule has 28 heavy (non-hydrogen) atoms. The van der Waals surface area contributed by atoms with E-state index in [1.54, 1.807) is 24.2 Å². The quantitative estimate of drug-likeness (QED) is 0.707. The number of carbonyl (C=O) groups excluding carboxylic acids is 1. The Bertz CT molecular complexity index is 1140. The van der Waals surface area contributed by atoms with Gasteiger partial charge in [0.15, 0.2) is 0 Å². The zero-order chi connectivity index (χ0) is 19.9. The lowest BCUT2D eigenvalue weighted by atomic mass is 9.90. The van der Waals surface area contributed by atoms with Crippen LogP contribution in [0.1, 0.15) is 38.8 Å². The maximum atomic E-state index is 13.3. The summed E-state index contributed by atoms with van der Waals surface area (Å²) in [5, 5.41) is 5.24. The van der Waals surface area contributed by atoms with Gasteiger partial charge in [-0.3, -0.25) is 4.79 Å². The van der Waals surface area contributed by atoms with Gasteiger partial charge in [0.25, 0.3) is 5.91 Å². The summed E-state index contributed by atoms with van der Waals surface area (Å²) < 4.78 is 23.4. The zero-order valence-corrected chi connectivity index (χ0v) is 16.1. The lowest BCUT2D eigenvalue weighted by molar-refractivity contribution is 0.0721. The second-order valence-corrected chi connectivity index (χ2v) is 8.50. The number of imidazole rings is 1. The third-order valence-corrected chi connectivity index (χ3v) is 6.00. The van der Waals surface area contributed by atoms with Crippen LogP contribution in [0.25, 0.3) is 0 Å². The van der Waals surface area contributed by atoms with Crippen molar-refractivity contribution in [3.8, 4) is 0 Å². The van der Waals surface area contributed by atoms with Crippen molar-refractivity contribution in [3.63, 3.8) is 0 Å². The smallest absolute Gasteiger partial charge is 0.254 e. The predicted molar refractivity (Wildman–Crippen MR) is 104 cm³/mol. The molecule has 0 aliphatic carbocycles. The van der Waals surface area contributed by atoms with Crippen LogP contribution in [0, 0.1) is 6.92 Å². The van der Waals surface area contributed by atoms with Crippen molar-refractivity contribution in [1.82, 2.24) is 14.9 Å². The Balaban J connectivity index is 1.72. The number of nitrogens with one attached hydrogen (secondary N) is 1. The van der Waals surface area contributed by atoms with E-state index in [-0.39, 0.29) is 16.7 Å². The van der Waals surface area contributed by atoms with E-state index in [0.717, 1.165) is 17.0 Å². The van der Waals surface area contributed by atoms with E-state index in [1.165, 1.54) is 12.1 Å². The molecule has 0 saturated heterocycles. The van der Waals surface area contributed by atoms with Gasteiger partial charge >= 0.3 is 0 Å². The highest BCUT2D eigenvalue weighted by Crippen LogP contribution is 2.32. The summed E-state index contributed by atoms with van der Waals surface area (Å²) in [5.41, 5.74) is 3.92. The highest BCUT2D eigenvalue weighted by atomic mass is 32.2. The molecule has 7 nitrogen and oxygen atoms in total. The number of carbonyl (C=O) groups is 1. The Morgan fingerprint density at radius 2 is 1.96 bits per heavy atom. The summed E-state index contributed by atoms with van der Waals surface area (Å²) in [6.07, 6.45) is 1.64. The van der Waals surface area contributed by atoms with Crippen LogP contribution >= 0.6 is 0 Å². The molecule has 0 spiro atoms. The average Bonchev–Trinajstić information content (AvgIpc) is 3.15. The Labute approximate surface area is 163 Å². The highest BCUT2D eigenvalue weighted by Gasteiger charge is 2.32. The van der Waals surface area contributed by atoms with Crippen LogP contribution in [-0.4, -0.2) is 35.7 Å². The Morgan fingerprint density at radius 3 is 2.68 bits per heavy atom. The van der Waals surface area contributed by atoms with E-state index in [0.29, 0.717) is 24.2 Å². The molecule has 1 aliphatic rings. The topological polar surface area (TPSA) is 109 Å². The van der Waals surface area contributed by atoms with Crippen molar-refractivity contribution < 1.29 is 13.2 Å². The molecule has 1 aromatic heterocycles. The third-order valence-electron chi connectivity index (χ3n) is 5.09. The molecule has 0 saturated carbocycles. The molecule has 2 heterocycles. The number of sulfonamides is 1. The fraction of sp³-hybridized carbons (Fsp3) is 0.200. The maximum Gasteiger partial charge on any atom is 0.254 e. The third kappa shape index (κ3) is 3.32. The summed E-state index contributed by atoms with van der Waals surface area (Å²) in [7, 11) is -3.89. The number of nitrogens with zero attached hydrogens (tertiary/aromatic N) is 2. The minimum Gasteiger partial charge on any atom is -0.347 e. The molecule has 1 aliphatic heterocycles. The van der Waals surface area contributed by atoms with Crippen LogP contribution in [0.3, 0.4) is 0 Å². The van der Waals surface area contributed by atoms with Crippen molar-refractivity contribution in [2.24, 2.45) is 5.14 Å². The Hall–Kier alpha value is -2.97. The molecule has 3 N–H and O–H groups in total. The lowest BCUT2D eigenvalue weighted by Crippen LogP contribution is -2.39. The number of benzene rings is 2. The number of H-pyrrole nitrogens is 1. The highest BCUT2D eigenvalue weighted by molar-refractivity contribution is 7.89. The van der Waals surface area contributed by atoms with Crippen LogP contribution in [0.2, 0.25) is 0 Å². The number of fused-ring (bicyclic) bond motifs is 1. The van der Waals surface area contributed by atoms with Gasteiger partial charge in [0.05, 0.1) is 29.2 Å². The van der Waals surface area contributed by atoms with Gasteiger partial charge in [-0.25, -0.2) is 18.5 Å². The minimum absolute atomic E-state index is 0.0538. The second-order valence-electron chi connectivity index (χ2n) is 6.94. The average molecular weight is 396 g/mol. The van der Waals surface area contributed by atoms with Crippen LogP contribution in [-0.2, 0) is 16.6 Å². The summed E-state index contributed by atoms with van der Waals surface area (Å²) in [6.45, 7) is 2.62. The molecule has 2 aromatic carbocycles. The molecule has 144 valence electrons. The van der Waals surface area contributed by atoms with Crippen molar-refractivity contribution >= 4 is 15.9 Å². The van der Waals surface area contributed by atoms with E-state index in [9.17, 15) is 13.2 Å². The standard InChI is InChI=1S/C20H20N4O3S/c1-13-7-8-15(28(21,26)27)9-16(13)20(25)24-10-17(14-5-3-2-4-6-14)19-18(11-24)22-12-23-19/h2-9,12,17H,10-11H2,1H3,(H,22,23)(H2,21,26,27). The number of aryl methyl sites for hydroxylation is 1. The summed E-state index contributed by atoms with van der Waals surface area (Å²) in [5.74, 6) is -0.286. The molecule has 4 rings (SSSR count).